The van der Waals surface area contributed by atoms with Crippen LogP contribution in [0.5, 0.6) is 5.75 Å². The third kappa shape index (κ3) is 1.76. The minimum Gasteiger partial charge on any atom is -0.506 e. The van der Waals surface area contributed by atoms with Crippen molar-refractivity contribution < 1.29 is 5.11 Å². The molecule has 0 fully saturated rings. The van der Waals surface area contributed by atoms with Gasteiger partial charge in [0, 0.05) is 11.3 Å². The van der Waals surface area contributed by atoms with Gasteiger partial charge in [0.25, 0.3) is 0 Å². The van der Waals surface area contributed by atoms with Gasteiger partial charge >= 0.3 is 0 Å². The number of aromatic hydroxyl groups is 1. The second kappa shape index (κ2) is 3.47. The molecule has 1 heterocycles. The molecule has 15 heavy (non-hydrogen) atoms. The van der Waals surface area contributed by atoms with Gasteiger partial charge in [0.2, 0.25) is 0 Å². The van der Waals surface area contributed by atoms with Gasteiger partial charge < -0.3 is 15.8 Å². The predicted molar refractivity (Wildman–Crippen MR) is 59.8 cm³/mol. The van der Waals surface area contributed by atoms with E-state index in [9.17, 15) is 5.11 Å². The number of rotatable bonds is 1. The van der Waals surface area contributed by atoms with Crippen molar-refractivity contribution in [1.82, 2.24) is 9.97 Å². The van der Waals surface area contributed by atoms with E-state index in [2.05, 4.69) is 9.97 Å². The number of nitrogens with two attached hydrogens (primary N) is 1. The van der Waals surface area contributed by atoms with E-state index < -0.39 is 0 Å². The molecule has 0 aliphatic heterocycles. The third-order valence-electron chi connectivity index (χ3n) is 2.12. The maximum absolute atomic E-state index is 9.46. The summed E-state index contributed by atoms with van der Waals surface area (Å²) in [5, 5.41) is 9.78. The Balaban J connectivity index is 2.54. The Morgan fingerprint density at radius 2 is 2.20 bits per heavy atom. The molecule has 0 spiro atoms. The van der Waals surface area contributed by atoms with Gasteiger partial charge in [0.1, 0.15) is 5.75 Å². The SMILES string of the molecule is Cc1[nH]c(N)nc1-c1ccc(Cl)c(O)c1. The second-order valence-corrected chi connectivity index (χ2v) is 3.67. The Morgan fingerprint density at radius 1 is 1.47 bits per heavy atom. The zero-order chi connectivity index (χ0) is 11.0. The van der Waals surface area contributed by atoms with Crippen LogP contribution in [0.1, 0.15) is 5.69 Å². The van der Waals surface area contributed by atoms with Crippen LogP contribution in [0.2, 0.25) is 5.02 Å². The number of aromatic nitrogens is 2. The highest BCUT2D eigenvalue weighted by Gasteiger charge is 2.09. The summed E-state index contributed by atoms with van der Waals surface area (Å²) in [5.41, 5.74) is 7.89. The average Bonchev–Trinajstić information content (AvgIpc) is 2.50. The number of hydrogen-bond acceptors (Lipinski definition) is 3. The maximum atomic E-state index is 9.46. The maximum Gasteiger partial charge on any atom is 0.198 e. The average molecular weight is 224 g/mol. The minimum absolute atomic E-state index is 0.0372. The zero-order valence-electron chi connectivity index (χ0n) is 8.08. The first-order valence-electron chi connectivity index (χ1n) is 4.39. The first kappa shape index (κ1) is 9.86. The van der Waals surface area contributed by atoms with E-state index in [1.54, 1.807) is 18.2 Å². The van der Waals surface area contributed by atoms with Gasteiger partial charge in [-0.2, -0.15) is 0 Å². The number of aryl methyl sites for hydroxylation is 1. The highest BCUT2D eigenvalue weighted by atomic mass is 35.5. The molecule has 0 aliphatic carbocycles. The fourth-order valence-corrected chi connectivity index (χ4v) is 1.54. The van der Waals surface area contributed by atoms with Crippen LogP contribution in [0.4, 0.5) is 5.95 Å². The Kier molecular flexibility index (Phi) is 2.28. The summed E-state index contributed by atoms with van der Waals surface area (Å²) in [6.07, 6.45) is 0. The van der Waals surface area contributed by atoms with Crippen molar-refractivity contribution in [2.75, 3.05) is 5.73 Å². The molecule has 0 atom stereocenters. The van der Waals surface area contributed by atoms with Crippen LogP contribution in [0, 0.1) is 6.92 Å². The van der Waals surface area contributed by atoms with Gasteiger partial charge in [-0.15, -0.1) is 0 Å². The summed E-state index contributed by atoms with van der Waals surface area (Å²) >= 11 is 5.71. The topological polar surface area (TPSA) is 74.9 Å². The molecule has 2 rings (SSSR count). The molecule has 0 unspecified atom stereocenters. The summed E-state index contributed by atoms with van der Waals surface area (Å²) in [6, 6.07) is 4.96. The molecular formula is C10H10ClN3O. The molecule has 4 N–H and O–H groups in total. The molecule has 0 bridgehead atoms. The Hall–Kier alpha value is -1.68. The summed E-state index contributed by atoms with van der Waals surface area (Å²) in [6.45, 7) is 1.87. The molecule has 0 radical (unpaired) electrons. The number of H-pyrrole nitrogens is 1. The molecule has 0 amide bonds. The molecule has 1 aromatic carbocycles. The molecule has 78 valence electrons. The minimum atomic E-state index is 0.0372. The highest BCUT2D eigenvalue weighted by molar-refractivity contribution is 6.32. The molecule has 0 aliphatic rings. The number of anilines is 1. The number of phenolic OH excluding ortho intramolecular Hbond substituents is 1. The van der Waals surface area contributed by atoms with Gasteiger partial charge in [-0.1, -0.05) is 17.7 Å². The fraction of sp³-hybridized carbons (Fsp3) is 0.100. The lowest BCUT2D eigenvalue weighted by Crippen LogP contribution is -1.85. The number of nitrogens with zero attached hydrogens (tertiary/aromatic N) is 1. The fourth-order valence-electron chi connectivity index (χ4n) is 1.42. The van der Waals surface area contributed by atoms with Crippen LogP contribution in [0.15, 0.2) is 18.2 Å². The zero-order valence-corrected chi connectivity index (χ0v) is 8.84. The van der Waals surface area contributed by atoms with Gasteiger partial charge in [-0.05, 0) is 19.1 Å². The summed E-state index contributed by atoms with van der Waals surface area (Å²) < 4.78 is 0. The Labute approximate surface area is 91.7 Å². The lowest BCUT2D eigenvalue weighted by atomic mass is 10.1. The van der Waals surface area contributed by atoms with Gasteiger partial charge in [0.15, 0.2) is 5.95 Å². The van der Waals surface area contributed by atoms with Crippen molar-refractivity contribution in [1.29, 1.82) is 0 Å². The van der Waals surface area contributed by atoms with Crippen LogP contribution in [0.25, 0.3) is 11.3 Å². The van der Waals surface area contributed by atoms with Crippen LogP contribution in [-0.2, 0) is 0 Å². The molecule has 2 aromatic rings. The van der Waals surface area contributed by atoms with Crippen LogP contribution >= 0.6 is 11.6 Å². The van der Waals surface area contributed by atoms with Crippen molar-refractivity contribution in [3.63, 3.8) is 0 Å². The largest absolute Gasteiger partial charge is 0.506 e. The first-order valence-corrected chi connectivity index (χ1v) is 4.76. The normalized spacial score (nSPS) is 10.5. The molecule has 4 nitrogen and oxygen atoms in total. The van der Waals surface area contributed by atoms with Gasteiger partial charge in [-0.25, -0.2) is 4.98 Å². The molecule has 0 saturated carbocycles. The lowest BCUT2D eigenvalue weighted by molar-refractivity contribution is 0.476. The summed E-state index contributed by atoms with van der Waals surface area (Å²) in [4.78, 5) is 7.01. The van der Waals surface area contributed by atoms with E-state index in [0.29, 0.717) is 11.0 Å². The number of phenols is 1. The van der Waals surface area contributed by atoms with Crippen molar-refractivity contribution in [2.24, 2.45) is 0 Å². The van der Waals surface area contributed by atoms with E-state index in [1.807, 2.05) is 6.92 Å². The van der Waals surface area contributed by atoms with Crippen molar-refractivity contribution in [3.8, 4) is 17.0 Å². The number of benzene rings is 1. The van der Waals surface area contributed by atoms with E-state index in [0.717, 1.165) is 17.0 Å². The highest BCUT2D eigenvalue weighted by Crippen LogP contribution is 2.30. The predicted octanol–water partition coefficient (Wildman–Crippen LogP) is 2.33. The number of imidazole rings is 1. The molecule has 1 aromatic heterocycles. The molecular weight excluding hydrogens is 214 g/mol. The Bertz CT molecular complexity index is 507. The monoisotopic (exact) mass is 223 g/mol. The van der Waals surface area contributed by atoms with Gasteiger partial charge in [-0.3, -0.25) is 0 Å². The molecule has 0 saturated heterocycles. The standard InChI is InChI=1S/C10H10ClN3O/c1-5-9(14-10(12)13-5)6-2-3-7(11)8(15)4-6/h2-4,15H,1H3,(H3,12,13,14). The number of hydrogen-bond donors (Lipinski definition) is 3. The van der Waals surface area contributed by atoms with Crippen molar-refractivity contribution in [2.45, 2.75) is 6.92 Å². The third-order valence-corrected chi connectivity index (χ3v) is 2.44. The Morgan fingerprint density at radius 3 is 2.73 bits per heavy atom. The lowest BCUT2D eigenvalue weighted by Gasteiger charge is -2.01. The smallest absolute Gasteiger partial charge is 0.198 e. The number of halogens is 1. The van der Waals surface area contributed by atoms with Gasteiger partial charge in [0.05, 0.1) is 10.7 Å². The summed E-state index contributed by atoms with van der Waals surface area (Å²) in [7, 11) is 0. The molecule has 5 heteroatoms. The van der Waals surface area contributed by atoms with E-state index in [4.69, 9.17) is 17.3 Å². The van der Waals surface area contributed by atoms with E-state index in [-0.39, 0.29) is 5.75 Å². The van der Waals surface area contributed by atoms with Crippen LogP contribution in [-0.4, -0.2) is 15.1 Å². The number of nitrogens with one attached hydrogen (secondary N) is 1. The van der Waals surface area contributed by atoms with Crippen LogP contribution in [0.3, 0.4) is 0 Å². The van der Waals surface area contributed by atoms with E-state index in [1.165, 1.54) is 0 Å². The quantitative estimate of drug-likeness (QED) is 0.695. The number of nitrogen functional groups attached to an aromatic ring is 1. The van der Waals surface area contributed by atoms with Crippen molar-refractivity contribution in [3.05, 3.63) is 28.9 Å². The second-order valence-electron chi connectivity index (χ2n) is 3.26. The van der Waals surface area contributed by atoms with Crippen molar-refractivity contribution >= 4 is 17.5 Å². The summed E-state index contributed by atoms with van der Waals surface area (Å²) in [5.74, 6) is 0.395. The van der Waals surface area contributed by atoms with E-state index >= 15 is 0 Å². The first-order chi connectivity index (χ1) is 7.08. The van der Waals surface area contributed by atoms with Crippen LogP contribution < -0.4 is 5.73 Å². The number of aromatic amines is 1.